The number of nitrogens with zero attached hydrogens (tertiary/aromatic N) is 3. The fourth-order valence-electron chi connectivity index (χ4n) is 0.438. The van der Waals surface area contributed by atoms with Gasteiger partial charge in [-0.05, 0) is 0 Å². The molecule has 4 heteroatoms. The maximum absolute atomic E-state index is 8.34. The minimum atomic E-state index is -0.0104. The summed E-state index contributed by atoms with van der Waals surface area (Å²) in [5.41, 5.74) is 0. The summed E-state index contributed by atoms with van der Waals surface area (Å²) in [6.45, 7) is 1.47. The molecule has 0 bridgehead atoms. The van der Waals surface area contributed by atoms with Crippen LogP contribution in [0.4, 0.5) is 0 Å². The van der Waals surface area contributed by atoms with Crippen LogP contribution in [0, 0.1) is 0 Å². The van der Waals surface area contributed by atoms with Gasteiger partial charge in [0, 0.05) is 0 Å². The van der Waals surface area contributed by atoms with Crippen molar-refractivity contribution in [3.05, 3.63) is 0 Å². The Kier molecular flexibility index (Phi) is 1.21. The molecule has 0 radical (unpaired) electrons. The molecule has 1 aliphatic rings. The Bertz CT molecular complexity index is 82.2. The van der Waals surface area contributed by atoms with E-state index in [1.165, 1.54) is 5.01 Å². The number of hydrogen-bond donors (Lipinski definition) is 1. The monoisotopic (exact) mass is 101 g/mol. The van der Waals surface area contributed by atoms with E-state index >= 15 is 0 Å². The Morgan fingerprint density at radius 1 is 1.71 bits per heavy atom. The zero-order chi connectivity index (χ0) is 5.11. The summed E-state index contributed by atoms with van der Waals surface area (Å²) in [6.07, 6.45) is 0. The molecule has 0 atom stereocenters. The van der Waals surface area contributed by atoms with Gasteiger partial charge in [-0.3, -0.25) is 5.01 Å². The van der Waals surface area contributed by atoms with Crippen LogP contribution in [0.15, 0.2) is 10.3 Å². The van der Waals surface area contributed by atoms with E-state index in [9.17, 15) is 0 Å². The maximum atomic E-state index is 8.34. The van der Waals surface area contributed by atoms with Gasteiger partial charge in [0.1, 0.15) is 6.73 Å². The number of rotatable bonds is 1. The van der Waals surface area contributed by atoms with E-state index < -0.39 is 0 Å². The quantitative estimate of drug-likeness (QED) is 0.489. The molecule has 0 saturated heterocycles. The minimum absolute atomic E-state index is 0.0104. The van der Waals surface area contributed by atoms with Crippen LogP contribution in [-0.4, -0.2) is 29.9 Å². The Morgan fingerprint density at radius 3 is 2.86 bits per heavy atom. The van der Waals surface area contributed by atoms with Gasteiger partial charge < -0.3 is 5.11 Å². The van der Waals surface area contributed by atoms with Crippen LogP contribution < -0.4 is 0 Å². The highest BCUT2D eigenvalue weighted by atomic mass is 16.3. The third-order valence-corrected chi connectivity index (χ3v) is 0.811. The van der Waals surface area contributed by atoms with Crippen molar-refractivity contribution in [1.82, 2.24) is 5.01 Å². The predicted octanol–water partition coefficient (Wildman–Crippen LogP) is -0.381. The fraction of sp³-hybridized carbons (Fsp3) is 1.00. The summed E-state index contributed by atoms with van der Waals surface area (Å²) in [4.78, 5) is 0. The first-order valence-electron chi connectivity index (χ1n) is 2.16. The molecule has 0 spiro atoms. The van der Waals surface area contributed by atoms with E-state index in [1.54, 1.807) is 0 Å². The zero-order valence-corrected chi connectivity index (χ0v) is 3.91. The van der Waals surface area contributed by atoms with Crippen LogP contribution in [0.5, 0.6) is 0 Å². The molecule has 0 fully saturated rings. The molecule has 0 amide bonds. The highest BCUT2D eigenvalue weighted by molar-refractivity contribution is 4.51. The first-order valence-corrected chi connectivity index (χ1v) is 2.16. The second-order valence-electron chi connectivity index (χ2n) is 1.33. The standard InChI is InChI=1S/C3H7N3O/c7-3-6-2-1-4-5-6/h7H,1-3H2. The van der Waals surface area contributed by atoms with Crippen molar-refractivity contribution in [2.45, 2.75) is 0 Å². The minimum Gasteiger partial charge on any atom is -0.375 e. The molecule has 4 nitrogen and oxygen atoms in total. The topological polar surface area (TPSA) is 48.2 Å². The molecule has 0 aromatic rings. The zero-order valence-electron chi connectivity index (χ0n) is 3.91. The Hall–Kier alpha value is -0.640. The van der Waals surface area contributed by atoms with Gasteiger partial charge in [-0.1, -0.05) is 5.22 Å². The van der Waals surface area contributed by atoms with E-state index in [-0.39, 0.29) is 6.73 Å². The summed E-state index contributed by atoms with van der Waals surface area (Å²) in [7, 11) is 0. The Morgan fingerprint density at radius 2 is 2.57 bits per heavy atom. The van der Waals surface area contributed by atoms with Crippen LogP contribution in [0.25, 0.3) is 0 Å². The normalized spacial score (nSPS) is 18.7. The number of aliphatic hydroxyl groups excluding tert-OH is 1. The van der Waals surface area contributed by atoms with Gasteiger partial charge in [-0.2, -0.15) is 5.11 Å². The Balaban J connectivity index is 2.28. The summed E-state index contributed by atoms with van der Waals surface area (Å²) < 4.78 is 0. The lowest BCUT2D eigenvalue weighted by Gasteiger charge is -2.03. The highest BCUT2D eigenvalue weighted by Gasteiger charge is 2.01. The van der Waals surface area contributed by atoms with Crippen molar-refractivity contribution >= 4 is 0 Å². The van der Waals surface area contributed by atoms with Crippen molar-refractivity contribution in [2.75, 3.05) is 19.8 Å². The molecule has 1 heterocycles. The molecule has 0 saturated carbocycles. The number of hydrogen-bond acceptors (Lipinski definition) is 4. The highest BCUT2D eigenvalue weighted by Crippen LogP contribution is 1.95. The molecule has 0 unspecified atom stereocenters. The van der Waals surface area contributed by atoms with E-state index in [1.807, 2.05) is 0 Å². The molecule has 0 aromatic heterocycles. The van der Waals surface area contributed by atoms with Gasteiger partial charge in [-0.15, -0.1) is 0 Å². The van der Waals surface area contributed by atoms with Crippen molar-refractivity contribution in [2.24, 2.45) is 10.3 Å². The van der Waals surface area contributed by atoms with E-state index in [0.717, 1.165) is 13.1 Å². The lowest BCUT2D eigenvalue weighted by atomic mass is 10.7. The second kappa shape index (κ2) is 1.88. The van der Waals surface area contributed by atoms with Crippen molar-refractivity contribution in [3.63, 3.8) is 0 Å². The van der Waals surface area contributed by atoms with Crippen LogP contribution in [-0.2, 0) is 0 Å². The van der Waals surface area contributed by atoms with Crippen LogP contribution in [0.2, 0.25) is 0 Å². The summed E-state index contributed by atoms with van der Waals surface area (Å²) >= 11 is 0. The molecule has 7 heavy (non-hydrogen) atoms. The first kappa shape index (κ1) is 4.52. The van der Waals surface area contributed by atoms with Gasteiger partial charge in [0.05, 0.1) is 13.1 Å². The summed E-state index contributed by atoms with van der Waals surface area (Å²) in [6, 6.07) is 0. The van der Waals surface area contributed by atoms with Gasteiger partial charge in [0.15, 0.2) is 0 Å². The average molecular weight is 101 g/mol. The van der Waals surface area contributed by atoms with Crippen molar-refractivity contribution in [1.29, 1.82) is 0 Å². The van der Waals surface area contributed by atoms with Crippen LogP contribution >= 0.6 is 0 Å². The second-order valence-corrected chi connectivity index (χ2v) is 1.33. The predicted molar refractivity (Wildman–Crippen MR) is 23.5 cm³/mol. The average Bonchev–Trinajstić information content (AvgIpc) is 2.14. The van der Waals surface area contributed by atoms with Crippen LogP contribution in [0.3, 0.4) is 0 Å². The summed E-state index contributed by atoms with van der Waals surface area (Å²) in [5, 5.41) is 17.0. The summed E-state index contributed by atoms with van der Waals surface area (Å²) in [5.74, 6) is 0. The van der Waals surface area contributed by atoms with Gasteiger partial charge in [0.2, 0.25) is 0 Å². The smallest absolute Gasteiger partial charge is 0.133 e. The van der Waals surface area contributed by atoms with E-state index in [4.69, 9.17) is 5.11 Å². The third-order valence-electron chi connectivity index (χ3n) is 0.811. The van der Waals surface area contributed by atoms with Crippen LogP contribution in [0.1, 0.15) is 0 Å². The van der Waals surface area contributed by atoms with Crippen molar-refractivity contribution < 1.29 is 5.11 Å². The van der Waals surface area contributed by atoms with E-state index in [2.05, 4.69) is 10.3 Å². The molecule has 0 aromatic carbocycles. The third kappa shape index (κ3) is 0.866. The number of aliphatic hydroxyl groups is 1. The molecular formula is C3H7N3O. The van der Waals surface area contributed by atoms with Gasteiger partial charge in [0.25, 0.3) is 0 Å². The first-order chi connectivity index (χ1) is 3.43. The lowest BCUT2D eigenvalue weighted by molar-refractivity contribution is 0.122. The maximum Gasteiger partial charge on any atom is 0.133 e. The SMILES string of the molecule is OCN1CCN=N1. The van der Waals surface area contributed by atoms with Gasteiger partial charge >= 0.3 is 0 Å². The lowest BCUT2D eigenvalue weighted by Crippen LogP contribution is -2.15. The largest absolute Gasteiger partial charge is 0.375 e. The molecule has 1 rings (SSSR count). The molecule has 0 aliphatic carbocycles. The molecule has 1 aliphatic heterocycles. The Labute approximate surface area is 41.4 Å². The van der Waals surface area contributed by atoms with Gasteiger partial charge in [-0.25, -0.2) is 0 Å². The fourth-order valence-corrected chi connectivity index (χ4v) is 0.438. The van der Waals surface area contributed by atoms with E-state index in [0.29, 0.717) is 0 Å². The molecule has 1 N–H and O–H groups in total. The molecule has 40 valence electrons. The van der Waals surface area contributed by atoms with Crippen molar-refractivity contribution in [3.8, 4) is 0 Å². The molecular weight excluding hydrogens is 94.1 g/mol.